The summed E-state index contributed by atoms with van der Waals surface area (Å²) < 4.78 is 6.07. The Morgan fingerprint density at radius 1 is 0.976 bits per heavy atom. The minimum absolute atomic E-state index is 0.0401. The first-order valence-corrected chi connectivity index (χ1v) is 16.9. The molecule has 2 saturated carbocycles. The highest BCUT2D eigenvalue weighted by molar-refractivity contribution is 5.90. The Kier molecular flexibility index (Phi) is 12.5. The highest BCUT2D eigenvalue weighted by Crippen LogP contribution is 2.39. The summed E-state index contributed by atoms with van der Waals surface area (Å²) >= 11 is 0. The molecule has 4 heteroatoms. The number of hydrogen-bond acceptors (Lipinski definition) is 4. The lowest BCUT2D eigenvalue weighted by molar-refractivity contribution is -0.134. The van der Waals surface area contributed by atoms with E-state index in [1.54, 1.807) is 12.1 Å². The maximum absolute atomic E-state index is 14.2. The normalized spacial score (nSPS) is 24.7. The van der Waals surface area contributed by atoms with E-state index in [-0.39, 0.29) is 29.3 Å². The number of ketones is 2. The molecule has 4 rings (SSSR count). The molecule has 1 aromatic rings. The van der Waals surface area contributed by atoms with Crippen LogP contribution in [0.2, 0.25) is 0 Å². The van der Waals surface area contributed by atoms with E-state index in [0.717, 1.165) is 76.4 Å². The van der Waals surface area contributed by atoms with E-state index in [9.17, 15) is 14.7 Å². The molecule has 2 fully saturated rings. The molecule has 3 aliphatic carbocycles. The molecule has 0 amide bonds. The smallest absolute Gasteiger partial charge is 0.139 e. The number of phenolic OH excluding ortho intramolecular Hbond substituents is 1. The average molecular weight is 575 g/mol. The van der Waals surface area contributed by atoms with Gasteiger partial charge in [0.1, 0.15) is 17.3 Å². The Hall–Kier alpha value is -2.62. The lowest BCUT2D eigenvalue weighted by atomic mass is 9.72. The molecule has 0 radical (unpaired) electrons. The van der Waals surface area contributed by atoms with Gasteiger partial charge in [-0.1, -0.05) is 62.6 Å². The van der Waals surface area contributed by atoms with Crippen molar-refractivity contribution in [2.45, 2.75) is 117 Å². The van der Waals surface area contributed by atoms with Crippen molar-refractivity contribution >= 4 is 11.6 Å². The molecule has 0 aliphatic heterocycles. The summed E-state index contributed by atoms with van der Waals surface area (Å²) in [6.45, 7) is 7.31. The number of aromatic hydroxyl groups is 1. The van der Waals surface area contributed by atoms with Gasteiger partial charge < -0.3 is 9.84 Å². The van der Waals surface area contributed by atoms with Crippen molar-refractivity contribution < 1.29 is 19.4 Å². The number of carbonyl (C=O) groups is 2. The van der Waals surface area contributed by atoms with Gasteiger partial charge >= 0.3 is 0 Å². The molecule has 0 spiro atoms. The van der Waals surface area contributed by atoms with Crippen LogP contribution in [0.15, 0.2) is 59.4 Å². The molecule has 0 heterocycles. The van der Waals surface area contributed by atoms with E-state index < -0.39 is 0 Å². The quantitative estimate of drug-likeness (QED) is 0.200. The Morgan fingerprint density at radius 2 is 1.76 bits per heavy atom. The molecular formula is C38H54O4. The molecule has 230 valence electrons. The third-order valence-electron chi connectivity index (χ3n) is 9.81. The Morgan fingerprint density at radius 3 is 2.43 bits per heavy atom. The fourth-order valence-corrected chi connectivity index (χ4v) is 7.24. The van der Waals surface area contributed by atoms with Crippen molar-refractivity contribution in [3.63, 3.8) is 0 Å². The van der Waals surface area contributed by atoms with E-state index in [1.165, 1.54) is 36.2 Å². The number of allylic oxidation sites excluding steroid dienone is 6. The summed E-state index contributed by atoms with van der Waals surface area (Å²) in [7, 11) is 0. The number of rotatable bonds is 16. The molecule has 3 aliphatic rings. The van der Waals surface area contributed by atoms with Gasteiger partial charge in [-0.15, -0.1) is 0 Å². The largest absolute Gasteiger partial charge is 0.508 e. The number of ether oxygens (including phenoxy) is 1. The van der Waals surface area contributed by atoms with Gasteiger partial charge in [0.15, 0.2) is 0 Å². The highest BCUT2D eigenvalue weighted by atomic mass is 16.5. The second kappa shape index (κ2) is 16.3. The van der Waals surface area contributed by atoms with E-state index in [2.05, 4.69) is 39.0 Å². The summed E-state index contributed by atoms with van der Waals surface area (Å²) in [4.78, 5) is 27.4. The van der Waals surface area contributed by atoms with Gasteiger partial charge in [0.2, 0.25) is 0 Å². The molecule has 0 aromatic heterocycles. The van der Waals surface area contributed by atoms with E-state index in [1.807, 2.05) is 12.1 Å². The second-order valence-electron chi connectivity index (χ2n) is 13.3. The standard InChI is InChI=1S/C38H54O4/c1-4-8-29(25-37(42-5-2)32-19-20-32)13-18-34-23-30(14-17-31-11-6-9-27(31)3)24-36(40)26-33(38(34)41)12-7-10-28-15-21-35(39)22-16-28/h6,9,11,15-16,21-22,27,29-30,33-34,39H,4-5,7-8,10,12-14,17-20,23-26H2,1-3H3. The predicted molar refractivity (Wildman–Crippen MR) is 171 cm³/mol. The van der Waals surface area contributed by atoms with E-state index in [0.29, 0.717) is 30.5 Å². The number of hydrogen-bond donors (Lipinski definition) is 1. The van der Waals surface area contributed by atoms with Crippen molar-refractivity contribution in [3.8, 4) is 5.75 Å². The Bertz CT molecular complexity index is 1120. The summed E-state index contributed by atoms with van der Waals surface area (Å²) in [6.07, 6.45) is 20.7. The predicted octanol–water partition coefficient (Wildman–Crippen LogP) is 9.47. The van der Waals surface area contributed by atoms with Gasteiger partial charge in [0, 0.05) is 31.1 Å². The summed E-state index contributed by atoms with van der Waals surface area (Å²) in [5.74, 6) is 3.31. The fraction of sp³-hybridized carbons (Fsp3) is 0.632. The fourth-order valence-electron chi connectivity index (χ4n) is 7.24. The molecule has 4 nitrogen and oxygen atoms in total. The van der Waals surface area contributed by atoms with Gasteiger partial charge in [0.05, 0.1) is 12.4 Å². The topological polar surface area (TPSA) is 63.6 Å². The van der Waals surface area contributed by atoms with Crippen LogP contribution in [0.25, 0.3) is 0 Å². The second-order valence-corrected chi connectivity index (χ2v) is 13.3. The minimum Gasteiger partial charge on any atom is -0.508 e. The highest BCUT2D eigenvalue weighted by Gasteiger charge is 2.34. The molecule has 5 unspecified atom stereocenters. The van der Waals surface area contributed by atoms with Crippen molar-refractivity contribution in [2.75, 3.05) is 6.61 Å². The van der Waals surface area contributed by atoms with Crippen LogP contribution in [0.5, 0.6) is 5.75 Å². The zero-order chi connectivity index (χ0) is 29.9. The van der Waals surface area contributed by atoms with Crippen LogP contribution < -0.4 is 0 Å². The van der Waals surface area contributed by atoms with Gasteiger partial charge in [-0.3, -0.25) is 9.59 Å². The third kappa shape index (κ3) is 9.99. The van der Waals surface area contributed by atoms with Crippen LogP contribution in [-0.2, 0) is 20.7 Å². The molecular weight excluding hydrogens is 520 g/mol. The molecule has 1 N–H and O–H groups in total. The summed E-state index contributed by atoms with van der Waals surface area (Å²) in [5, 5.41) is 9.60. The van der Waals surface area contributed by atoms with Gasteiger partial charge in [0.25, 0.3) is 0 Å². The van der Waals surface area contributed by atoms with Crippen LogP contribution in [-0.4, -0.2) is 23.3 Å². The van der Waals surface area contributed by atoms with Crippen molar-refractivity contribution in [3.05, 3.63) is 65.0 Å². The number of phenols is 1. The molecule has 0 bridgehead atoms. The zero-order valence-corrected chi connectivity index (χ0v) is 26.4. The van der Waals surface area contributed by atoms with Crippen LogP contribution in [0.1, 0.15) is 116 Å². The van der Waals surface area contributed by atoms with Crippen LogP contribution in [0, 0.1) is 29.6 Å². The lowest BCUT2D eigenvalue weighted by Crippen LogP contribution is -2.32. The Balaban J connectivity index is 1.42. The molecule has 1 aromatic carbocycles. The molecule has 5 atom stereocenters. The van der Waals surface area contributed by atoms with E-state index >= 15 is 0 Å². The maximum Gasteiger partial charge on any atom is 0.139 e. The van der Waals surface area contributed by atoms with Gasteiger partial charge in [-0.25, -0.2) is 0 Å². The van der Waals surface area contributed by atoms with E-state index in [4.69, 9.17) is 4.74 Å². The van der Waals surface area contributed by atoms with Crippen molar-refractivity contribution in [1.82, 2.24) is 0 Å². The minimum atomic E-state index is -0.167. The molecule has 0 saturated heterocycles. The average Bonchev–Trinajstić information content (AvgIpc) is 3.74. The number of benzene rings is 1. The van der Waals surface area contributed by atoms with Crippen molar-refractivity contribution in [1.29, 1.82) is 0 Å². The number of carbonyl (C=O) groups excluding carboxylic acids is 2. The van der Waals surface area contributed by atoms with Crippen molar-refractivity contribution in [2.24, 2.45) is 29.6 Å². The Labute approximate surface area is 254 Å². The van der Waals surface area contributed by atoms with Gasteiger partial charge in [-0.2, -0.15) is 0 Å². The first kappa shape index (κ1) is 32.3. The maximum atomic E-state index is 14.2. The monoisotopic (exact) mass is 574 g/mol. The third-order valence-corrected chi connectivity index (χ3v) is 9.81. The number of Topliss-reactive ketones (excluding diaryl/α,β-unsaturated/α-hetero) is 2. The zero-order valence-electron chi connectivity index (χ0n) is 26.4. The SMILES string of the molecule is CCCC(CCC1CC(CCC2=CC=CC2C)CC(=O)CC(CCCc2ccc(O)cc2)C1=O)CC(OCC)=C1CC1. The first-order chi connectivity index (χ1) is 20.4. The lowest BCUT2D eigenvalue weighted by Gasteiger charge is -2.31. The van der Waals surface area contributed by atoms with Gasteiger partial charge in [-0.05, 0) is 112 Å². The van der Waals surface area contributed by atoms with Crippen LogP contribution >= 0.6 is 0 Å². The van der Waals surface area contributed by atoms with Crippen LogP contribution in [0.4, 0.5) is 0 Å². The van der Waals surface area contributed by atoms with Crippen LogP contribution in [0.3, 0.4) is 0 Å². The molecule has 42 heavy (non-hydrogen) atoms. The number of aryl methyl sites for hydroxylation is 1. The first-order valence-electron chi connectivity index (χ1n) is 16.9. The summed E-state index contributed by atoms with van der Waals surface area (Å²) in [5.41, 5.74) is 4.12. The summed E-state index contributed by atoms with van der Waals surface area (Å²) in [6, 6.07) is 7.34.